The summed E-state index contributed by atoms with van der Waals surface area (Å²) in [5.41, 5.74) is 0.778. The van der Waals surface area contributed by atoms with Crippen LogP contribution in [0.25, 0.3) is 0 Å². The summed E-state index contributed by atoms with van der Waals surface area (Å²) in [6.45, 7) is 0.469. The Labute approximate surface area is 98.6 Å². The number of rotatable bonds is 4. The molecule has 0 atom stereocenters. The van der Waals surface area contributed by atoms with E-state index in [0.717, 1.165) is 5.69 Å². The van der Waals surface area contributed by atoms with Gasteiger partial charge in [-0.2, -0.15) is 0 Å². The average molecular weight is 245 g/mol. The summed E-state index contributed by atoms with van der Waals surface area (Å²) >= 11 is 7.11. The quantitative estimate of drug-likeness (QED) is 0.632. The highest BCUT2D eigenvalue weighted by Crippen LogP contribution is 2.17. The lowest BCUT2D eigenvalue weighted by Crippen LogP contribution is -2.30. The van der Waals surface area contributed by atoms with E-state index in [0.29, 0.717) is 12.4 Å². The molecule has 0 fully saturated rings. The predicted molar refractivity (Wildman–Crippen MR) is 66.0 cm³/mol. The van der Waals surface area contributed by atoms with Crippen molar-refractivity contribution in [2.45, 2.75) is 4.90 Å². The van der Waals surface area contributed by atoms with E-state index in [9.17, 15) is 4.79 Å². The second kappa shape index (κ2) is 6.58. The molecule has 1 aromatic rings. The Morgan fingerprint density at radius 3 is 2.60 bits per heavy atom. The molecule has 0 saturated carbocycles. The number of anilines is 1. The van der Waals surface area contributed by atoms with Crippen LogP contribution in [0.15, 0.2) is 29.2 Å². The van der Waals surface area contributed by atoms with Gasteiger partial charge in [0, 0.05) is 23.0 Å². The molecule has 5 heteroatoms. The first-order valence-corrected chi connectivity index (χ1v) is 6.27. The highest BCUT2D eigenvalue weighted by atomic mass is 35.5. The van der Waals surface area contributed by atoms with Crippen molar-refractivity contribution in [3.8, 4) is 0 Å². The molecular formula is C10H13ClN2OS. The number of carbonyl (C=O) groups is 1. The zero-order valence-corrected chi connectivity index (χ0v) is 9.99. The zero-order chi connectivity index (χ0) is 11.1. The molecule has 0 aliphatic heterocycles. The Kier molecular flexibility index (Phi) is 5.36. The summed E-state index contributed by atoms with van der Waals surface area (Å²) in [5, 5.41) is 5.33. The van der Waals surface area contributed by atoms with Gasteiger partial charge in [-0.05, 0) is 30.5 Å². The third-order valence-electron chi connectivity index (χ3n) is 1.73. The van der Waals surface area contributed by atoms with Gasteiger partial charge in [0.1, 0.15) is 0 Å². The van der Waals surface area contributed by atoms with Crippen LogP contribution in [0.5, 0.6) is 0 Å². The number of hydrogen-bond acceptors (Lipinski definition) is 2. The Hall–Kier alpha value is -0.870. The first-order chi connectivity index (χ1) is 7.26. The normalized spacial score (nSPS) is 9.73. The lowest BCUT2D eigenvalue weighted by Gasteiger charge is -2.06. The molecule has 2 N–H and O–H groups in total. The second-order valence-electron chi connectivity index (χ2n) is 2.80. The van der Waals surface area contributed by atoms with E-state index in [-0.39, 0.29) is 6.03 Å². The number of hydrogen-bond donors (Lipinski definition) is 2. The number of urea groups is 1. The summed E-state index contributed by atoms with van der Waals surface area (Å²) < 4.78 is 0. The summed E-state index contributed by atoms with van der Waals surface area (Å²) in [4.78, 5) is 12.4. The van der Waals surface area contributed by atoms with Gasteiger partial charge in [-0.25, -0.2) is 4.79 Å². The number of thioether (sulfide) groups is 1. The average Bonchev–Trinajstić information content (AvgIpc) is 2.27. The van der Waals surface area contributed by atoms with Crippen LogP contribution in [0.1, 0.15) is 0 Å². The summed E-state index contributed by atoms with van der Waals surface area (Å²) in [6.07, 6.45) is 2.01. The Morgan fingerprint density at radius 1 is 1.40 bits per heavy atom. The van der Waals surface area contributed by atoms with Crippen LogP contribution in [-0.4, -0.2) is 24.7 Å². The maximum atomic E-state index is 11.2. The second-order valence-corrected chi connectivity index (χ2v) is 4.06. The lowest BCUT2D eigenvalue weighted by molar-refractivity contribution is 0.252. The molecule has 82 valence electrons. The molecule has 0 unspecified atom stereocenters. The third kappa shape index (κ3) is 4.44. The van der Waals surface area contributed by atoms with Gasteiger partial charge in [0.2, 0.25) is 0 Å². The van der Waals surface area contributed by atoms with Crippen LogP contribution >= 0.6 is 23.4 Å². The minimum atomic E-state index is -0.229. The first-order valence-electron chi connectivity index (χ1n) is 4.51. The summed E-state index contributed by atoms with van der Waals surface area (Å²) in [7, 11) is 0. The van der Waals surface area contributed by atoms with Crippen molar-refractivity contribution in [1.29, 1.82) is 0 Å². The minimum absolute atomic E-state index is 0.229. The number of halogens is 1. The van der Waals surface area contributed by atoms with Crippen LogP contribution in [0.2, 0.25) is 0 Å². The first kappa shape index (κ1) is 12.2. The van der Waals surface area contributed by atoms with E-state index in [4.69, 9.17) is 11.6 Å². The Bertz CT molecular complexity index is 316. The van der Waals surface area contributed by atoms with E-state index in [2.05, 4.69) is 10.6 Å². The van der Waals surface area contributed by atoms with Gasteiger partial charge >= 0.3 is 6.03 Å². The highest BCUT2D eigenvalue weighted by Gasteiger charge is 1.99. The fraction of sp³-hybridized carbons (Fsp3) is 0.300. The topological polar surface area (TPSA) is 41.1 Å². The molecule has 0 bridgehead atoms. The van der Waals surface area contributed by atoms with Crippen LogP contribution in [0.3, 0.4) is 0 Å². The van der Waals surface area contributed by atoms with E-state index >= 15 is 0 Å². The summed E-state index contributed by atoms with van der Waals surface area (Å²) in [6, 6.07) is 7.43. The van der Waals surface area contributed by atoms with Gasteiger partial charge in [-0.3, -0.25) is 0 Å². The fourth-order valence-corrected chi connectivity index (χ4v) is 1.51. The highest BCUT2D eigenvalue weighted by molar-refractivity contribution is 7.98. The third-order valence-corrected chi connectivity index (χ3v) is 2.66. The van der Waals surface area contributed by atoms with Crippen molar-refractivity contribution >= 4 is 35.1 Å². The van der Waals surface area contributed by atoms with E-state index in [1.807, 2.05) is 30.5 Å². The number of benzene rings is 1. The Morgan fingerprint density at radius 2 is 2.07 bits per heavy atom. The molecule has 0 spiro atoms. The van der Waals surface area contributed by atoms with Crippen molar-refractivity contribution in [2.24, 2.45) is 0 Å². The lowest BCUT2D eigenvalue weighted by atomic mass is 10.3. The van der Waals surface area contributed by atoms with Gasteiger partial charge in [-0.15, -0.1) is 23.4 Å². The van der Waals surface area contributed by atoms with E-state index in [1.54, 1.807) is 11.8 Å². The molecule has 2 amide bonds. The summed E-state index contributed by atoms with van der Waals surface area (Å²) in [5.74, 6) is 0.416. The van der Waals surface area contributed by atoms with Crippen molar-refractivity contribution in [3.63, 3.8) is 0 Å². The zero-order valence-electron chi connectivity index (χ0n) is 8.42. The van der Waals surface area contributed by atoms with Gasteiger partial charge in [0.15, 0.2) is 0 Å². The maximum Gasteiger partial charge on any atom is 0.319 e. The Balaban J connectivity index is 2.46. The van der Waals surface area contributed by atoms with E-state index in [1.165, 1.54) is 4.90 Å². The van der Waals surface area contributed by atoms with Crippen LogP contribution in [0.4, 0.5) is 10.5 Å². The van der Waals surface area contributed by atoms with Gasteiger partial charge < -0.3 is 10.6 Å². The molecular weight excluding hydrogens is 232 g/mol. The van der Waals surface area contributed by atoms with Crippen LogP contribution in [-0.2, 0) is 0 Å². The van der Waals surface area contributed by atoms with Crippen molar-refractivity contribution < 1.29 is 4.79 Å². The van der Waals surface area contributed by atoms with Crippen LogP contribution < -0.4 is 10.6 Å². The van der Waals surface area contributed by atoms with Gasteiger partial charge in [0.05, 0.1) is 0 Å². The number of carbonyl (C=O) groups excluding carboxylic acids is 1. The fourth-order valence-electron chi connectivity index (χ4n) is 1.01. The van der Waals surface area contributed by atoms with Crippen LogP contribution in [0, 0.1) is 0 Å². The standard InChI is InChI=1S/C10H13ClN2OS/c1-15-9-4-2-8(3-5-9)13-10(14)12-7-6-11/h2-5H,6-7H2,1H3,(H2,12,13,14). The smallest absolute Gasteiger partial charge is 0.319 e. The molecule has 1 aromatic carbocycles. The van der Waals surface area contributed by atoms with Crippen molar-refractivity contribution in [1.82, 2.24) is 5.32 Å². The van der Waals surface area contributed by atoms with E-state index < -0.39 is 0 Å². The minimum Gasteiger partial charge on any atom is -0.337 e. The molecule has 0 aliphatic rings. The number of nitrogens with one attached hydrogen (secondary N) is 2. The monoisotopic (exact) mass is 244 g/mol. The molecule has 0 aromatic heterocycles. The van der Waals surface area contributed by atoms with Gasteiger partial charge in [0.25, 0.3) is 0 Å². The molecule has 0 heterocycles. The molecule has 0 aliphatic carbocycles. The molecule has 0 radical (unpaired) electrons. The van der Waals surface area contributed by atoms with Gasteiger partial charge in [-0.1, -0.05) is 0 Å². The molecule has 3 nitrogen and oxygen atoms in total. The largest absolute Gasteiger partial charge is 0.337 e. The number of amides is 2. The van der Waals surface area contributed by atoms with Crippen molar-refractivity contribution in [2.75, 3.05) is 24.0 Å². The maximum absolute atomic E-state index is 11.2. The molecule has 15 heavy (non-hydrogen) atoms. The SMILES string of the molecule is CSc1ccc(NC(=O)NCCCl)cc1. The molecule has 0 saturated heterocycles. The number of alkyl halides is 1. The van der Waals surface area contributed by atoms with Crippen molar-refractivity contribution in [3.05, 3.63) is 24.3 Å². The predicted octanol–water partition coefficient (Wildman–Crippen LogP) is 2.77. The molecule has 1 rings (SSSR count).